The fourth-order valence-electron chi connectivity index (χ4n) is 2.42. The average molecular weight is 259 g/mol. The predicted octanol–water partition coefficient (Wildman–Crippen LogP) is 2.84. The Morgan fingerprint density at radius 1 is 1.21 bits per heavy atom. The van der Waals surface area contributed by atoms with Gasteiger partial charge in [-0.15, -0.1) is 0 Å². The van der Waals surface area contributed by atoms with E-state index in [9.17, 15) is 0 Å². The molecule has 1 aromatic carbocycles. The van der Waals surface area contributed by atoms with Crippen LogP contribution in [0.5, 0.6) is 0 Å². The number of aromatic amines is 1. The summed E-state index contributed by atoms with van der Waals surface area (Å²) in [5.41, 5.74) is 2.56. The smallest absolute Gasteiger partial charge is 0.0457 e. The van der Waals surface area contributed by atoms with Gasteiger partial charge in [-0.25, -0.2) is 0 Å². The molecule has 1 aromatic heterocycles. The lowest BCUT2D eigenvalue weighted by atomic mass is 10.0. The molecule has 2 rings (SSSR count). The molecule has 2 N–H and O–H groups in total. The largest absolute Gasteiger partial charge is 0.361 e. The van der Waals surface area contributed by atoms with Crippen molar-refractivity contribution in [3.8, 4) is 0 Å². The van der Waals surface area contributed by atoms with Gasteiger partial charge >= 0.3 is 0 Å². The highest BCUT2D eigenvalue weighted by atomic mass is 15.1. The van der Waals surface area contributed by atoms with Crippen molar-refractivity contribution in [1.82, 2.24) is 15.2 Å². The van der Waals surface area contributed by atoms with Crippen LogP contribution in [0.4, 0.5) is 0 Å². The van der Waals surface area contributed by atoms with E-state index in [2.05, 4.69) is 73.6 Å². The van der Waals surface area contributed by atoms with Crippen molar-refractivity contribution < 1.29 is 0 Å². The second-order valence-corrected chi connectivity index (χ2v) is 5.85. The Bertz CT molecular complexity index is 513. The zero-order valence-corrected chi connectivity index (χ0v) is 12.4. The van der Waals surface area contributed by atoms with Crippen LogP contribution < -0.4 is 5.32 Å². The predicted molar refractivity (Wildman–Crippen MR) is 82.3 cm³/mol. The van der Waals surface area contributed by atoms with Crippen LogP contribution in [0.1, 0.15) is 19.4 Å². The second-order valence-electron chi connectivity index (χ2n) is 5.85. The molecule has 0 radical (unpaired) electrons. The van der Waals surface area contributed by atoms with Crippen LogP contribution in [0.25, 0.3) is 10.9 Å². The molecule has 3 heteroatoms. The van der Waals surface area contributed by atoms with Crippen LogP contribution in [0.3, 0.4) is 0 Å². The number of rotatable bonds is 6. The van der Waals surface area contributed by atoms with E-state index in [-0.39, 0.29) is 0 Å². The first-order valence-electron chi connectivity index (χ1n) is 7.01. The molecule has 1 unspecified atom stereocenters. The lowest BCUT2D eigenvalue weighted by Gasteiger charge is -2.25. The summed E-state index contributed by atoms with van der Waals surface area (Å²) in [6, 6.07) is 8.99. The summed E-state index contributed by atoms with van der Waals surface area (Å²) in [5.74, 6) is 0.632. The maximum Gasteiger partial charge on any atom is 0.0457 e. The monoisotopic (exact) mass is 259 g/mol. The molecular weight excluding hydrogens is 234 g/mol. The lowest BCUT2D eigenvalue weighted by Crippen LogP contribution is -2.41. The van der Waals surface area contributed by atoms with Crippen molar-refractivity contribution in [2.24, 2.45) is 5.92 Å². The Hall–Kier alpha value is -1.32. The van der Waals surface area contributed by atoms with Gasteiger partial charge < -0.3 is 15.2 Å². The fraction of sp³-hybridized carbons (Fsp3) is 0.500. The molecule has 1 heterocycles. The highest BCUT2D eigenvalue weighted by Crippen LogP contribution is 2.17. The number of H-pyrrole nitrogens is 1. The summed E-state index contributed by atoms with van der Waals surface area (Å²) in [6.45, 7) is 6.54. The molecule has 0 fully saturated rings. The SMILES string of the molecule is CC(C)C(CN(C)C)NCc1c[nH]c2ccccc12. The minimum absolute atomic E-state index is 0.517. The fourth-order valence-corrected chi connectivity index (χ4v) is 2.42. The molecule has 0 saturated carbocycles. The maximum absolute atomic E-state index is 3.68. The van der Waals surface area contributed by atoms with Crippen molar-refractivity contribution in [3.05, 3.63) is 36.0 Å². The molecule has 3 nitrogen and oxygen atoms in total. The number of benzene rings is 1. The van der Waals surface area contributed by atoms with E-state index in [0.717, 1.165) is 13.1 Å². The van der Waals surface area contributed by atoms with Gasteiger partial charge in [0, 0.05) is 36.2 Å². The van der Waals surface area contributed by atoms with Gasteiger partial charge in [0.05, 0.1) is 0 Å². The summed E-state index contributed by atoms with van der Waals surface area (Å²) >= 11 is 0. The summed E-state index contributed by atoms with van der Waals surface area (Å²) < 4.78 is 0. The van der Waals surface area contributed by atoms with Gasteiger partial charge in [0.15, 0.2) is 0 Å². The standard InChI is InChI=1S/C16H25N3/c1-12(2)16(11-19(3)4)18-10-13-9-17-15-8-6-5-7-14(13)15/h5-9,12,16-18H,10-11H2,1-4H3. The minimum atomic E-state index is 0.517. The first-order valence-corrected chi connectivity index (χ1v) is 7.01. The molecule has 0 spiro atoms. The molecule has 0 bridgehead atoms. The quantitative estimate of drug-likeness (QED) is 0.836. The number of nitrogens with one attached hydrogen (secondary N) is 2. The zero-order chi connectivity index (χ0) is 13.8. The number of para-hydroxylation sites is 1. The third-order valence-corrected chi connectivity index (χ3v) is 3.60. The number of fused-ring (bicyclic) bond motifs is 1. The Morgan fingerprint density at radius 3 is 2.63 bits per heavy atom. The maximum atomic E-state index is 3.68. The summed E-state index contributed by atoms with van der Waals surface area (Å²) in [4.78, 5) is 5.57. The van der Waals surface area contributed by atoms with Gasteiger partial charge in [0.2, 0.25) is 0 Å². The Morgan fingerprint density at radius 2 is 1.95 bits per heavy atom. The van der Waals surface area contributed by atoms with Crippen LogP contribution >= 0.6 is 0 Å². The van der Waals surface area contributed by atoms with Crippen LogP contribution in [-0.4, -0.2) is 36.6 Å². The van der Waals surface area contributed by atoms with E-state index in [1.54, 1.807) is 0 Å². The van der Waals surface area contributed by atoms with E-state index < -0.39 is 0 Å². The van der Waals surface area contributed by atoms with Gasteiger partial charge in [-0.3, -0.25) is 0 Å². The van der Waals surface area contributed by atoms with Crippen LogP contribution in [0, 0.1) is 5.92 Å². The van der Waals surface area contributed by atoms with Gasteiger partial charge in [0.25, 0.3) is 0 Å². The minimum Gasteiger partial charge on any atom is -0.361 e. The molecule has 2 aromatic rings. The molecule has 0 aliphatic rings. The van der Waals surface area contributed by atoms with Gasteiger partial charge in [0.1, 0.15) is 0 Å². The normalized spacial score (nSPS) is 13.6. The molecule has 0 saturated heterocycles. The second kappa shape index (κ2) is 6.22. The molecular formula is C16H25N3. The first-order chi connectivity index (χ1) is 9.08. The van der Waals surface area contributed by atoms with E-state index >= 15 is 0 Å². The highest BCUT2D eigenvalue weighted by molar-refractivity contribution is 5.82. The number of aromatic nitrogens is 1. The van der Waals surface area contributed by atoms with Gasteiger partial charge in [-0.1, -0.05) is 32.0 Å². The van der Waals surface area contributed by atoms with Gasteiger partial charge in [-0.05, 0) is 31.6 Å². The summed E-state index contributed by atoms with van der Waals surface area (Å²) in [5, 5.41) is 5.01. The van der Waals surface area contributed by atoms with Crippen molar-refractivity contribution in [3.63, 3.8) is 0 Å². The van der Waals surface area contributed by atoms with E-state index in [1.807, 2.05) is 0 Å². The zero-order valence-electron chi connectivity index (χ0n) is 12.4. The summed E-state index contributed by atoms with van der Waals surface area (Å²) in [6.07, 6.45) is 2.12. The van der Waals surface area contributed by atoms with Crippen LogP contribution in [0.15, 0.2) is 30.5 Å². The number of nitrogens with zero attached hydrogens (tertiary/aromatic N) is 1. The average Bonchev–Trinajstić information content (AvgIpc) is 2.77. The van der Waals surface area contributed by atoms with E-state index in [4.69, 9.17) is 0 Å². The topological polar surface area (TPSA) is 31.1 Å². The van der Waals surface area contributed by atoms with Gasteiger partial charge in [-0.2, -0.15) is 0 Å². The van der Waals surface area contributed by atoms with Crippen molar-refractivity contribution in [2.75, 3.05) is 20.6 Å². The van der Waals surface area contributed by atoms with Crippen LogP contribution in [-0.2, 0) is 6.54 Å². The highest BCUT2D eigenvalue weighted by Gasteiger charge is 2.14. The molecule has 19 heavy (non-hydrogen) atoms. The Kier molecular flexibility index (Phi) is 4.61. The van der Waals surface area contributed by atoms with Crippen molar-refractivity contribution in [1.29, 1.82) is 0 Å². The van der Waals surface area contributed by atoms with E-state index in [0.29, 0.717) is 12.0 Å². The van der Waals surface area contributed by atoms with Crippen molar-refractivity contribution in [2.45, 2.75) is 26.4 Å². The number of hydrogen-bond donors (Lipinski definition) is 2. The van der Waals surface area contributed by atoms with Crippen molar-refractivity contribution >= 4 is 10.9 Å². The number of hydrogen-bond acceptors (Lipinski definition) is 2. The van der Waals surface area contributed by atoms with Crippen LogP contribution in [0.2, 0.25) is 0 Å². The Labute approximate surface area is 116 Å². The third kappa shape index (κ3) is 3.58. The first kappa shape index (κ1) is 14.1. The molecule has 104 valence electrons. The molecule has 0 amide bonds. The molecule has 0 aliphatic heterocycles. The Balaban J connectivity index is 2.04. The third-order valence-electron chi connectivity index (χ3n) is 3.60. The van der Waals surface area contributed by atoms with E-state index in [1.165, 1.54) is 16.5 Å². The molecule has 1 atom stereocenters. The number of likely N-dealkylation sites (N-methyl/N-ethyl adjacent to an activating group) is 1. The lowest BCUT2D eigenvalue weighted by molar-refractivity contribution is 0.288. The molecule has 0 aliphatic carbocycles. The summed E-state index contributed by atoms with van der Waals surface area (Å²) in [7, 11) is 4.26.